The quantitative estimate of drug-likeness (QED) is 0.781. The Balaban J connectivity index is 1.61. The van der Waals surface area contributed by atoms with Crippen molar-refractivity contribution < 1.29 is 14.3 Å². The third kappa shape index (κ3) is 2.39. The molecule has 0 aromatic heterocycles. The van der Waals surface area contributed by atoms with E-state index < -0.39 is 0 Å². The number of hydrogen-bond acceptors (Lipinski definition) is 3. The highest BCUT2D eigenvalue weighted by atomic mass is 16.5. The normalized spacial score (nSPS) is 32.5. The first-order valence-corrected chi connectivity index (χ1v) is 7.03. The minimum absolute atomic E-state index is 0.0486. The van der Waals surface area contributed by atoms with E-state index in [4.69, 9.17) is 9.47 Å². The Morgan fingerprint density at radius 3 is 2.68 bits per heavy atom. The maximum Gasteiger partial charge on any atom is 0.312 e. The summed E-state index contributed by atoms with van der Waals surface area (Å²) in [5.41, 5.74) is 1.04. The molecule has 1 aromatic rings. The standard InChI is InChI=1S/C16H20O3/c1-18-15-13-8-7-12(9-13)14(15)16(17)19-10-11-5-3-2-4-6-11/h2-6,12-15H,7-10H2,1H3. The Bertz CT molecular complexity index is 443. The highest BCUT2D eigenvalue weighted by Crippen LogP contribution is 2.50. The number of carbonyl (C=O) groups is 1. The third-order valence-electron chi connectivity index (χ3n) is 4.61. The molecule has 2 fully saturated rings. The van der Waals surface area contributed by atoms with E-state index in [2.05, 4.69) is 0 Å². The lowest BCUT2D eigenvalue weighted by molar-refractivity contribution is -0.157. The zero-order chi connectivity index (χ0) is 13.2. The second-order valence-corrected chi connectivity index (χ2v) is 5.65. The van der Waals surface area contributed by atoms with Crippen LogP contribution in [0.2, 0.25) is 0 Å². The van der Waals surface area contributed by atoms with Gasteiger partial charge in [-0.2, -0.15) is 0 Å². The molecular formula is C16H20O3. The molecule has 0 radical (unpaired) electrons. The first-order chi connectivity index (χ1) is 9.29. The van der Waals surface area contributed by atoms with Crippen LogP contribution in [0.15, 0.2) is 30.3 Å². The molecule has 0 saturated heterocycles. The SMILES string of the molecule is COC1C2CCC(C2)C1C(=O)OCc1ccccc1. The van der Waals surface area contributed by atoms with Gasteiger partial charge in [-0.3, -0.25) is 4.79 Å². The molecule has 4 atom stereocenters. The second kappa shape index (κ2) is 5.33. The lowest BCUT2D eigenvalue weighted by Crippen LogP contribution is -2.36. The maximum atomic E-state index is 12.3. The van der Waals surface area contributed by atoms with Gasteiger partial charge >= 0.3 is 5.97 Å². The van der Waals surface area contributed by atoms with Gasteiger partial charge in [-0.25, -0.2) is 0 Å². The van der Waals surface area contributed by atoms with Gasteiger partial charge in [-0.05, 0) is 36.7 Å². The van der Waals surface area contributed by atoms with Crippen LogP contribution in [0.5, 0.6) is 0 Å². The van der Waals surface area contributed by atoms with Crippen molar-refractivity contribution in [3.05, 3.63) is 35.9 Å². The van der Waals surface area contributed by atoms with Crippen molar-refractivity contribution in [2.75, 3.05) is 7.11 Å². The molecule has 102 valence electrons. The van der Waals surface area contributed by atoms with E-state index in [9.17, 15) is 4.79 Å². The summed E-state index contributed by atoms with van der Waals surface area (Å²) in [5.74, 6) is 0.901. The van der Waals surface area contributed by atoms with Gasteiger partial charge in [-0.15, -0.1) is 0 Å². The van der Waals surface area contributed by atoms with Gasteiger partial charge in [0.1, 0.15) is 6.61 Å². The van der Waals surface area contributed by atoms with E-state index in [0.717, 1.165) is 18.4 Å². The molecule has 3 nitrogen and oxygen atoms in total. The van der Waals surface area contributed by atoms with Crippen molar-refractivity contribution in [3.63, 3.8) is 0 Å². The average molecular weight is 260 g/mol. The third-order valence-corrected chi connectivity index (χ3v) is 4.61. The monoisotopic (exact) mass is 260 g/mol. The minimum atomic E-state index is -0.0806. The molecule has 19 heavy (non-hydrogen) atoms. The van der Waals surface area contributed by atoms with Crippen LogP contribution in [0.25, 0.3) is 0 Å². The Morgan fingerprint density at radius 1 is 1.21 bits per heavy atom. The van der Waals surface area contributed by atoms with E-state index >= 15 is 0 Å². The molecule has 0 aliphatic heterocycles. The molecule has 0 amide bonds. The summed E-state index contributed by atoms with van der Waals surface area (Å²) in [6.07, 6.45) is 3.55. The molecule has 3 rings (SSSR count). The van der Waals surface area contributed by atoms with Crippen LogP contribution < -0.4 is 0 Å². The maximum absolute atomic E-state index is 12.3. The number of rotatable bonds is 4. The molecule has 1 aromatic carbocycles. The zero-order valence-electron chi connectivity index (χ0n) is 11.2. The van der Waals surface area contributed by atoms with E-state index in [-0.39, 0.29) is 18.0 Å². The van der Waals surface area contributed by atoms with Crippen LogP contribution in [-0.2, 0) is 20.9 Å². The molecule has 0 spiro atoms. The Morgan fingerprint density at radius 2 is 1.95 bits per heavy atom. The van der Waals surface area contributed by atoms with Crippen LogP contribution in [0, 0.1) is 17.8 Å². The fourth-order valence-electron chi connectivity index (χ4n) is 3.73. The summed E-state index contributed by atoms with van der Waals surface area (Å²) in [6.45, 7) is 0.365. The zero-order valence-corrected chi connectivity index (χ0v) is 11.2. The number of hydrogen-bond donors (Lipinski definition) is 0. The average Bonchev–Trinajstić information content (AvgIpc) is 3.06. The molecule has 0 heterocycles. The summed E-state index contributed by atoms with van der Waals surface area (Å²) in [4.78, 5) is 12.3. The molecule has 2 saturated carbocycles. The van der Waals surface area contributed by atoms with E-state index in [1.807, 2.05) is 30.3 Å². The summed E-state index contributed by atoms with van der Waals surface area (Å²) in [7, 11) is 1.71. The molecule has 2 bridgehead atoms. The van der Waals surface area contributed by atoms with Gasteiger partial charge in [0, 0.05) is 7.11 Å². The first-order valence-electron chi connectivity index (χ1n) is 7.03. The lowest BCUT2D eigenvalue weighted by atomic mass is 9.86. The first kappa shape index (κ1) is 12.7. The van der Waals surface area contributed by atoms with Crippen LogP contribution in [-0.4, -0.2) is 19.2 Å². The van der Waals surface area contributed by atoms with Crippen molar-refractivity contribution >= 4 is 5.97 Å². The van der Waals surface area contributed by atoms with Crippen molar-refractivity contribution in [1.29, 1.82) is 0 Å². The highest BCUT2D eigenvalue weighted by molar-refractivity contribution is 5.74. The Hall–Kier alpha value is -1.35. The van der Waals surface area contributed by atoms with Crippen LogP contribution in [0.1, 0.15) is 24.8 Å². The predicted molar refractivity (Wildman–Crippen MR) is 71.4 cm³/mol. The van der Waals surface area contributed by atoms with E-state index in [1.165, 1.54) is 6.42 Å². The summed E-state index contributed by atoms with van der Waals surface area (Å²) in [5, 5.41) is 0. The van der Waals surface area contributed by atoms with Crippen LogP contribution >= 0.6 is 0 Å². The van der Waals surface area contributed by atoms with Gasteiger partial charge in [0.25, 0.3) is 0 Å². The second-order valence-electron chi connectivity index (χ2n) is 5.65. The molecular weight excluding hydrogens is 240 g/mol. The van der Waals surface area contributed by atoms with Crippen LogP contribution in [0.4, 0.5) is 0 Å². The smallest absolute Gasteiger partial charge is 0.312 e. The minimum Gasteiger partial charge on any atom is -0.461 e. The molecule has 2 aliphatic rings. The number of methoxy groups -OCH3 is 1. The van der Waals surface area contributed by atoms with Crippen molar-refractivity contribution in [2.24, 2.45) is 17.8 Å². The predicted octanol–water partition coefficient (Wildman–Crippen LogP) is 2.79. The number of benzene rings is 1. The summed E-state index contributed by atoms with van der Waals surface area (Å²) in [6, 6.07) is 9.82. The number of ether oxygens (including phenoxy) is 2. The van der Waals surface area contributed by atoms with Gasteiger partial charge < -0.3 is 9.47 Å². The van der Waals surface area contributed by atoms with Gasteiger partial charge in [0.2, 0.25) is 0 Å². The Labute approximate surface area is 113 Å². The van der Waals surface area contributed by atoms with Crippen molar-refractivity contribution in [3.8, 4) is 0 Å². The van der Waals surface area contributed by atoms with E-state index in [0.29, 0.717) is 18.4 Å². The number of carbonyl (C=O) groups excluding carboxylic acids is 1. The molecule has 4 unspecified atom stereocenters. The fourth-order valence-corrected chi connectivity index (χ4v) is 3.73. The molecule has 0 N–H and O–H groups in total. The van der Waals surface area contributed by atoms with E-state index in [1.54, 1.807) is 7.11 Å². The van der Waals surface area contributed by atoms with Gasteiger partial charge in [-0.1, -0.05) is 30.3 Å². The lowest BCUT2D eigenvalue weighted by Gasteiger charge is -2.28. The topological polar surface area (TPSA) is 35.5 Å². The van der Waals surface area contributed by atoms with Crippen molar-refractivity contribution in [2.45, 2.75) is 32.0 Å². The van der Waals surface area contributed by atoms with Crippen molar-refractivity contribution in [1.82, 2.24) is 0 Å². The highest BCUT2D eigenvalue weighted by Gasteiger charge is 2.51. The molecule has 2 aliphatic carbocycles. The van der Waals surface area contributed by atoms with Gasteiger partial charge in [0.15, 0.2) is 0 Å². The van der Waals surface area contributed by atoms with Gasteiger partial charge in [0.05, 0.1) is 12.0 Å². The van der Waals surface area contributed by atoms with Crippen LogP contribution in [0.3, 0.4) is 0 Å². The number of fused-ring (bicyclic) bond motifs is 2. The summed E-state index contributed by atoms with van der Waals surface area (Å²) < 4.78 is 11.0. The molecule has 3 heteroatoms. The fraction of sp³-hybridized carbons (Fsp3) is 0.562. The Kier molecular flexibility index (Phi) is 3.56. The largest absolute Gasteiger partial charge is 0.461 e. The number of esters is 1. The summed E-state index contributed by atoms with van der Waals surface area (Å²) >= 11 is 0.